The lowest BCUT2D eigenvalue weighted by Crippen LogP contribution is -2.28. The number of hydrogen-bond donors (Lipinski definition) is 1. The quantitative estimate of drug-likeness (QED) is 0.285. The van der Waals surface area contributed by atoms with E-state index in [1.807, 2.05) is 44.2 Å². The average Bonchev–Trinajstić information content (AvgIpc) is 3.03. The molecule has 1 aliphatic rings. The Balaban J connectivity index is 1.73. The summed E-state index contributed by atoms with van der Waals surface area (Å²) in [5.74, 6) is 0.255. The Labute approximate surface area is 199 Å². The summed E-state index contributed by atoms with van der Waals surface area (Å²) in [6, 6.07) is 16.4. The fraction of sp³-hybridized carbons (Fsp3) is 0.333. The smallest absolute Gasteiger partial charge is 0.337 e. The van der Waals surface area contributed by atoms with Gasteiger partial charge >= 0.3 is 5.97 Å². The van der Waals surface area contributed by atoms with Crippen LogP contribution in [0.15, 0.2) is 71.2 Å². The predicted molar refractivity (Wildman–Crippen MR) is 132 cm³/mol. The Morgan fingerprint density at radius 1 is 1.09 bits per heavy atom. The number of Topliss-reactive ketones (excluding diaryl/α,β-unsaturated/α-hetero) is 1. The number of ether oxygens (including phenoxy) is 2. The molecule has 174 valence electrons. The Hall–Kier alpha value is -2.83. The second-order valence-corrected chi connectivity index (χ2v) is 9.84. The van der Waals surface area contributed by atoms with E-state index in [-0.39, 0.29) is 11.0 Å². The van der Waals surface area contributed by atoms with E-state index in [9.17, 15) is 14.7 Å². The van der Waals surface area contributed by atoms with E-state index in [2.05, 4.69) is 0 Å². The number of unbranched alkanes of at least 4 members (excludes halogenated alkanes) is 1. The zero-order valence-corrected chi connectivity index (χ0v) is 20.1. The van der Waals surface area contributed by atoms with Gasteiger partial charge in [0.25, 0.3) is 0 Å². The number of benzene rings is 2. The molecule has 0 heterocycles. The molecule has 0 aliphatic heterocycles. The lowest BCUT2D eigenvalue weighted by molar-refractivity contribution is -0.112. The minimum absolute atomic E-state index is 0.145. The number of ketones is 1. The lowest BCUT2D eigenvalue weighted by atomic mass is 9.89. The van der Waals surface area contributed by atoms with Gasteiger partial charge in [-0.2, -0.15) is 0 Å². The fourth-order valence-electron chi connectivity index (χ4n) is 3.63. The first kappa shape index (κ1) is 24.8. The minimum atomic E-state index is -1.33. The van der Waals surface area contributed by atoms with Crippen LogP contribution in [0.3, 0.4) is 0 Å². The summed E-state index contributed by atoms with van der Waals surface area (Å²) >= 11 is 1.46. The lowest BCUT2D eigenvalue weighted by Gasteiger charge is -2.22. The highest BCUT2D eigenvalue weighted by Crippen LogP contribution is 2.41. The maximum absolute atomic E-state index is 13.1. The Morgan fingerprint density at radius 2 is 1.79 bits per heavy atom. The number of allylic oxidation sites excluding steroid dienone is 1. The Morgan fingerprint density at radius 3 is 2.42 bits per heavy atom. The summed E-state index contributed by atoms with van der Waals surface area (Å²) in [7, 11) is 1.33. The van der Waals surface area contributed by atoms with Gasteiger partial charge in [0.05, 0.1) is 24.2 Å². The first-order valence-corrected chi connectivity index (χ1v) is 12.0. The molecular formula is C27H30O5S. The number of aliphatic hydroxyl groups is 1. The highest BCUT2D eigenvalue weighted by molar-refractivity contribution is 8.04. The van der Waals surface area contributed by atoms with E-state index in [0.29, 0.717) is 35.5 Å². The molecule has 1 N–H and O–H groups in total. The molecule has 1 atom stereocenters. The molecule has 2 aromatic rings. The van der Waals surface area contributed by atoms with Gasteiger partial charge in [0.2, 0.25) is 0 Å². The van der Waals surface area contributed by atoms with Gasteiger partial charge in [0, 0.05) is 10.8 Å². The third-order valence-electron chi connectivity index (χ3n) is 5.27. The standard InChI is InChI=1S/C27H30O5S/c1-19(2)33-24-18-27(30,15-7-8-16-32-22-9-5-4-6-10-22)23(25(24)28)17-20-11-13-21(14-12-20)26(29)31-3/h4-6,9-14,17-19,30H,7-8,15-16H2,1-3H3/b23-17-. The molecule has 0 fully saturated rings. The van der Waals surface area contributed by atoms with Crippen molar-refractivity contribution in [1.29, 1.82) is 0 Å². The van der Waals surface area contributed by atoms with Crippen molar-refractivity contribution in [3.63, 3.8) is 0 Å². The summed E-state index contributed by atoms with van der Waals surface area (Å²) in [4.78, 5) is 25.4. The normalized spacial score (nSPS) is 19.1. The molecule has 0 spiro atoms. The molecule has 3 rings (SSSR count). The zero-order valence-electron chi connectivity index (χ0n) is 19.2. The van der Waals surface area contributed by atoms with E-state index in [1.165, 1.54) is 18.9 Å². The van der Waals surface area contributed by atoms with Crippen molar-refractivity contribution in [2.75, 3.05) is 13.7 Å². The summed E-state index contributed by atoms with van der Waals surface area (Å²) in [5, 5.41) is 11.7. The van der Waals surface area contributed by atoms with Crippen molar-refractivity contribution >= 4 is 29.6 Å². The van der Waals surface area contributed by atoms with Crippen LogP contribution >= 0.6 is 11.8 Å². The van der Waals surface area contributed by atoms with E-state index in [1.54, 1.807) is 36.4 Å². The van der Waals surface area contributed by atoms with Gasteiger partial charge in [-0.3, -0.25) is 4.79 Å². The summed E-state index contributed by atoms with van der Waals surface area (Å²) < 4.78 is 10.5. The van der Waals surface area contributed by atoms with Gasteiger partial charge in [0.1, 0.15) is 11.4 Å². The van der Waals surface area contributed by atoms with Crippen molar-refractivity contribution in [2.45, 2.75) is 44.0 Å². The molecule has 0 bridgehead atoms. The number of esters is 1. The molecule has 2 aromatic carbocycles. The van der Waals surface area contributed by atoms with Crippen LogP contribution in [-0.4, -0.2) is 41.4 Å². The van der Waals surface area contributed by atoms with Crippen LogP contribution in [0.5, 0.6) is 5.75 Å². The molecule has 0 saturated heterocycles. The summed E-state index contributed by atoms with van der Waals surface area (Å²) in [5.41, 5.74) is 0.198. The van der Waals surface area contributed by atoms with Crippen molar-refractivity contribution in [3.8, 4) is 5.75 Å². The number of carbonyl (C=O) groups is 2. The van der Waals surface area contributed by atoms with Gasteiger partial charge in [-0.1, -0.05) is 44.2 Å². The fourth-order valence-corrected chi connectivity index (χ4v) is 4.62. The van der Waals surface area contributed by atoms with Gasteiger partial charge < -0.3 is 14.6 Å². The van der Waals surface area contributed by atoms with E-state index < -0.39 is 11.6 Å². The van der Waals surface area contributed by atoms with Crippen LogP contribution in [0.1, 0.15) is 49.0 Å². The Bertz CT molecular complexity index is 1020. The first-order valence-electron chi connectivity index (χ1n) is 11.1. The van der Waals surface area contributed by atoms with Gasteiger partial charge in [-0.15, -0.1) is 11.8 Å². The van der Waals surface area contributed by atoms with Crippen molar-refractivity contribution in [3.05, 3.63) is 82.3 Å². The van der Waals surface area contributed by atoms with Crippen molar-refractivity contribution in [1.82, 2.24) is 0 Å². The molecule has 33 heavy (non-hydrogen) atoms. The summed E-state index contributed by atoms with van der Waals surface area (Å²) in [6.07, 6.45) is 5.30. The SMILES string of the molecule is COC(=O)c1ccc(/C=C2/C(=O)C(SC(C)C)=CC2(O)CCCCOc2ccccc2)cc1. The van der Waals surface area contributed by atoms with Crippen molar-refractivity contribution in [2.24, 2.45) is 0 Å². The van der Waals surface area contributed by atoms with Gasteiger partial charge in [0.15, 0.2) is 5.78 Å². The van der Waals surface area contributed by atoms with Crippen LogP contribution in [0.2, 0.25) is 0 Å². The molecule has 1 unspecified atom stereocenters. The molecule has 6 heteroatoms. The molecular weight excluding hydrogens is 436 g/mol. The molecule has 5 nitrogen and oxygen atoms in total. The second-order valence-electron chi connectivity index (χ2n) is 8.22. The van der Waals surface area contributed by atoms with E-state index in [4.69, 9.17) is 9.47 Å². The zero-order chi connectivity index (χ0) is 23.8. The van der Waals surface area contributed by atoms with E-state index >= 15 is 0 Å². The number of methoxy groups -OCH3 is 1. The van der Waals surface area contributed by atoms with Crippen LogP contribution < -0.4 is 4.74 Å². The maximum Gasteiger partial charge on any atom is 0.337 e. The Kier molecular flexibility index (Phi) is 8.53. The van der Waals surface area contributed by atoms with Gasteiger partial charge in [-0.25, -0.2) is 4.79 Å². The number of carbonyl (C=O) groups excluding carboxylic acids is 2. The first-order chi connectivity index (χ1) is 15.8. The molecule has 1 aliphatic carbocycles. The number of hydrogen-bond acceptors (Lipinski definition) is 6. The third-order valence-corrected chi connectivity index (χ3v) is 6.30. The predicted octanol–water partition coefficient (Wildman–Crippen LogP) is 5.45. The molecule has 0 aromatic heterocycles. The number of rotatable bonds is 10. The monoisotopic (exact) mass is 466 g/mol. The number of thioether (sulfide) groups is 1. The second kappa shape index (κ2) is 11.3. The van der Waals surface area contributed by atoms with E-state index in [0.717, 1.165) is 17.7 Å². The molecule has 0 amide bonds. The third kappa shape index (κ3) is 6.59. The van der Waals surface area contributed by atoms with Crippen LogP contribution in [0.4, 0.5) is 0 Å². The van der Waals surface area contributed by atoms with Crippen LogP contribution in [0, 0.1) is 0 Å². The maximum atomic E-state index is 13.1. The van der Waals surface area contributed by atoms with Gasteiger partial charge in [-0.05, 0) is 61.2 Å². The average molecular weight is 467 g/mol. The highest BCUT2D eigenvalue weighted by Gasteiger charge is 2.41. The van der Waals surface area contributed by atoms with Crippen LogP contribution in [0.25, 0.3) is 6.08 Å². The van der Waals surface area contributed by atoms with Crippen molar-refractivity contribution < 1.29 is 24.2 Å². The minimum Gasteiger partial charge on any atom is -0.494 e. The molecule has 0 saturated carbocycles. The topological polar surface area (TPSA) is 72.8 Å². The highest BCUT2D eigenvalue weighted by atomic mass is 32.2. The van der Waals surface area contributed by atoms with Crippen LogP contribution in [-0.2, 0) is 9.53 Å². The summed E-state index contributed by atoms with van der Waals surface area (Å²) in [6.45, 7) is 4.58. The number of para-hydroxylation sites is 1. The molecule has 0 radical (unpaired) electrons. The largest absolute Gasteiger partial charge is 0.494 e.